The van der Waals surface area contributed by atoms with Crippen molar-refractivity contribution in [3.8, 4) is 11.1 Å². The molecule has 0 N–H and O–H groups in total. The molecule has 0 amide bonds. The van der Waals surface area contributed by atoms with Crippen molar-refractivity contribution in [2.24, 2.45) is 5.92 Å². The van der Waals surface area contributed by atoms with Crippen molar-refractivity contribution in [3.63, 3.8) is 0 Å². The van der Waals surface area contributed by atoms with Gasteiger partial charge in [-0.1, -0.05) is 44.0 Å². The van der Waals surface area contributed by atoms with Crippen LogP contribution in [0.15, 0.2) is 48.5 Å². The van der Waals surface area contributed by atoms with E-state index in [0.717, 1.165) is 36.5 Å². The van der Waals surface area contributed by atoms with Gasteiger partial charge in [0.1, 0.15) is 11.6 Å². The number of rotatable bonds is 6. The van der Waals surface area contributed by atoms with Crippen molar-refractivity contribution < 1.29 is 30.7 Å². The Labute approximate surface area is 205 Å². The highest BCUT2D eigenvalue weighted by molar-refractivity contribution is 5.84. The van der Waals surface area contributed by atoms with Gasteiger partial charge in [-0.25, -0.2) is 30.7 Å². The summed E-state index contributed by atoms with van der Waals surface area (Å²) in [5, 5.41) is 0. The average Bonchev–Trinajstić information content (AvgIpc) is 2.86. The van der Waals surface area contributed by atoms with Crippen LogP contribution in [-0.4, -0.2) is 0 Å². The van der Waals surface area contributed by atoms with E-state index >= 15 is 0 Å². The summed E-state index contributed by atoms with van der Waals surface area (Å²) in [7, 11) is 0. The fourth-order valence-corrected chi connectivity index (χ4v) is 5.01. The second-order valence-electron chi connectivity index (χ2n) is 9.33. The number of hydrogen-bond acceptors (Lipinski definition) is 0. The third-order valence-electron chi connectivity index (χ3n) is 6.95. The van der Waals surface area contributed by atoms with Gasteiger partial charge in [0.25, 0.3) is 0 Å². The maximum atomic E-state index is 14.7. The number of halogens is 7. The van der Waals surface area contributed by atoms with Crippen LogP contribution in [0.1, 0.15) is 68.1 Å². The molecule has 0 aliphatic heterocycles. The Hall–Kier alpha value is -3.09. The minimum atomic E-state index is -1.99. The minimum Gasteiger partial charge on any atom is -0.206 e. The van der Waals surface area contributed by atoms with Gasteiger partial charge in [-0.3, -0.25) is 0 Å². The van der Waals surface area contributed by atoms with Gasteiger partial charge in [-0.05, 0) is 78.5 Å². The molecule has 1 fully saturated rings. The molecule has 0 bridgehead atoms. The predicted octanol–water partition coefficient (Wildman–Crippen LogP) is 9.89. The van der Waals surface area contributed by atoms with Crippen LogP contribution in [0.5, 0.6) is 0 Å². The van der Waals surface area contributed by atoms with Crippen LogP contribution < -0.4 is 0 Å². The summed E-state index contributed by atoms with van der Waals surface area (Å²) in [4.78, 5) is 0. The summed E-state index contributed by atoms with van der Waals surface area (Å²) in [6.07, 6.45) is 7.00. The lowest BCUT2D eigenvalue weighted by atomic mass is 9.77. The molecule has 0 heterocycles. The van der Waals surface area contributed by atoms with Crippen LogP contribution in [0.2, 0.25) is 0 Å². The highest BCUT2D eigenvalue weighted by Gasteiger charge is 2.24. The number of benzene rings is 3. The molecule has 0 unspecified atom stereocenters. The lowest BCUT2D eigenvalue weighted by molar-refractivity contribution is 0.308. The average molecular weight is 507 g/mol. The van der Waals surface area contributed by atoms with Gasteiger partial charge < -0.3 is 0 Å². The summed E-state index contributed by atoms with van der Waals surface area (Å²) in [6, 6.07) is 9.44. The van der Waals surface area contributed by atoms with Gasteiger partial charge in [0.15, 0.2) is 29.1 Å². The molecule has 0 radical (unpaired) electrons. The first-order valence-electron chi connectivity index (χ1n) is 12.0. The van der Waals surface area contributed by atoms with Gasteiger partial charge in [0, 0.05) is 5.56 Å². The fraction of sp³-hybridized carbons (Fsp3) is 0.310. The molecule has 3 aromatic rings. The highest BCUT2D eigenvalue weighted by atomic mass is 19.2. The van der Waals surface area contributed by atoms with E-state index in [-0.39, 0.29) is 17.7 Å². The quantitative estimate of drug-likeness (QED) is 0.177. The van der Waals surface area contributed by atoms with Crippen molar-refractivity contribution in [3.05, 3.63) is 94.3 Å². The van der Waals surface area contributed by atoms with Crippen molar-refractivity contribution in [2.45, 2.75) is 51.4 Å². The third-order valence-corrected chi connectivity index (χ3v) is 6.95. The van der Waals surface area contributed by atoms with Crippen LogP contribution >= 0.6 is 0 Å². The molecule has 1 saturated carbocycles. The van der Waals surface area contributed by atoms with E-state index in [2.05, 4.69) is 6.92 Å². The first kappa shape index (κ1) is 26.0. The molecular weight excluding hydrogens is 481 g/mol. The first-order valence-corrected chi connectivity index (χ1v) is 12.0. The third kappa shape index (κ3) is 5.35. The van der Waals surface area contributed by atoms with E-state index in [9.17, 15) is 30.7 Å². The summed E-state index contributed by atoms with van der Waals surface area (Å²) in [5.41, 5.74) is -0.566. The molecule has 1 aliphatic carbocycles. The van der Waals surface area contributed by atoms with Crippen molar-refractivity contribution in [2.75, 3.05) is 0 Å². The van der Waals surface area contributed by atoms with Crippen LogP contribution in [0, 0.1) is 35.0 Å². The minimum absolute atomic E-state index is 0.124. The molecule has 0 nitrogen and oxygen atoms in total. The Morgan fingerprint density at radius 1 is 0.694 bits per heavy atom. The van der Waals surface area contributed by atoms with Crippen molar-refractivity contribution >= 4 is 11.7 Å². The zero-order valence-electron chi connectivity index (χ0n) is 19.7. The molecule has 0 atom stereocenters. The second-order valence-corrected chi connectivity index (χ2v) is 9.33. The molecular formula is C29H25F7. The normalized spacial score (nSPS) is 18.8. The largest absolute Gasteiger partial charge is 0.206 e. The van der Waals surface area contributed by atoms with Crippen molar-refractivity contribution in [1.82, 2.24) is 0 Å². The van der Waals surface area contributed by atoms with Gasteiger partial charge in [0.2, 0.25) is 0 Å². The van der Waals surface area contributed by atoms with Crippen molar-refractivity contribution in [1.29, 1.82) is 0 Å². The SMILES string of the molecule is CCCC1CCC(c2ccc(-c3cc(F)c(/C(F)=C(\F)c4cc(F)c(F)c(F)c4)c(F)c3)cc2)CC1. The molecule has 7 heteroatoms. The van der Waals surface area contributed by atoms with Gasteiger partial charge in [-0.2, -0.15) is 0 Å². The van der Waals surface area contributed by atoms with E-state index < -0.39 is 51.9 Å². The summed E-state index contributed by atoms with van der Waals surface area (Å²) < 4.78 is 98.5. The molecule has 0 spiro atoms. The molecule has 36 heavy (non-hydrogen) atoms. The summed E-state index contributed by atoms with van der Waals surface area (Å²) >= 11 is 0. The maximum Gasteiger partial charge on any atom is 0.194 e. The summed E-state index contributed by atoms with van der Waals surface area (Å²) in [5.74, 6) is -10.9. The van der Waals surface area contributed by atoms with Crippen LogP contribution in [-0.2, 0) is 0 Å². The Balaban J connectivity index is 1.58. The Bertz CT molecular complexity index is 1220. The Morgan fingerprint density at radius 2 is 1.25 bits per heavy atom. The monoisotopic (exact) mass is 506 g/mol. The molecule has 190 valence electrons. The lowest BCUT2D eigenvalue weighted by Crippen LogP contribution is -2.13. The van der Waals surface area contributed by atoms with E-state index in [1.165, 1.54) is 25.7 Å². The van der Waals surface area contributed by atoms with Crippen LogP contribution in [0.25, 0.3) is 22.8 Å². The zero-order valence-corrected chi connectivity index (χ0v) is 19.7. The topological polar surface area (TPSA) is 0 Å². The van der Waals surface area contributed by atoms with E-state index in [0.29, 0.717) is 11.5 Å². The fourth-order valence-electron chi connectivity index (χ4n) is 5.01. The summed E-state index contributed by atoms with van der Waals surface area (Å²) in [6.45, 7) is 2.19. The van der Waals surface area contributed by atoms with Crippen LogP contribution in [0.3, 0.4) is 0 Å². The molecule has 1 aliphatic rings. The zero-order chi connectivity index (χ0) is 26.0. The predicted molar refractivity (Wildman–Crippen MR) is 127 cm³/mol. The first-order chi connectivity index (χ1) is 17.2. The second kappa shape index (κ2) is 10.9. The number of hydrogen-bond donors (Lipinski definition) is 0. The van der Waals surface area contributed by atoms with Gasteiger partial charge in [-0.15, -0.1) is 0 Å². The van der Waals surface area contributed by atoms with E-state index in [1.807, 2.05) is 12.1 Å². The molecule has 0 aromatic heterocycles. The van der Waals surface area contributed by atoms with Gasteiger partial charge in [0.05, 0.1) is 5.56 Å². The molecule has 0 saturated heterocycles. The maximum absolute atomic E-state index is 14.7. The Morgan fingerprint density at radius 3 is 1.78 bits per heavy atom. The molecule has 3 aromatic carbocycles. The smallest absolute Gasteiger partial charge is 0.194 e. The highest BCUT2D eigenvalue weighted by Crippen LogP contribution is 2.39. The van der Waals surface area contributed by atoms with E-state index in [1.54, 1.807) is 12.1 Å². The van der Waals surface area contributed by atoms with E-state index in [4.69, 9.17) is 0 Å². The molecule has 4 rings (SSSR count). The standard InChI is InChI=1S/C29H25F7/c1-2-3-16-4-6-17(7-5-16)18-8-10-19(11-9-18)20-12-22(30)26(23(31)13-20)29(36)27(34)21-14-24(32)28(35)25(33)15-21/h8-17H,2-7H2,1H3/b29-27+. The lowest BCUT2D eigenvalue weighted by Gasteiger charge is -2.28. The van der Waals surface area contributed by atoms with Crippen LogP contribution in [0.4, 0.5) is 30.7 Å². The Kier molecular flexibility index (Phi) is 7.86. The van der Waals surface area contributed by atoms with Gasteiger partial charge >= 0.3 is 0 Å².